The summed E-state index contributed by atoms with van der Waals surface area (Å²) in [5.41, 5.74) is 12.2. The Balaban J connectivity index is 1.33. The Bertz CT molecular complexity index is 2340. The summed E-state index contributed by atoms with van der Waals surface area (Å²) in [6.45, 7) is 0. The van der Waals surface area contributed by atoms with Crippen LogP contribution < -0.4 is 9.64 Å². The van der Waals surface area contributed by atoms with Crippen molar-refractivity contribution >= 4 is 33.0 Å². The van der Waals surface area contributed by atoms with Crippen molar-refractivity contribution in [3.8, 4) is 56.0 Å². The Morgan fingerprint density at radius 2 is 0.804 bits per heavy atom. The van der Waals surface area contributed by atoms with Crippen LogP contribution in [0.1, 0.15) is 0 Å². The molecule has 0 fully saturated rings. The number of anilines is 3. The maximum absolute atomic E-state index is 6.65. The largest absolute Gasteiger partial charge is 0.457 e. The fourth-order valence-corrected chi connectivity index (χ4v) is 7.05. The molecule has 0 aliphatic rings. The maximum atomic E-state index is 6.65. The number of benzene rings is 8. The van der Waals surface area contributed by atoms with E-state index in [0.29, 0.717) is 0 Å². The fourth-order valence-electron chi connectivity index (χ4n) is 6.59. The molecule has 0 aliphatic heterocycles. The van der Waals surface area contributed by atoms with Crippen molar-refractivity contribution in [3.63, 3.8) is 0 Å². The standard InChI is InChI=1S/C48H34BrNO/c49-41-32-43(34-45(33-41)51-44-27-14-25-40(31-44)36-18-7-2-8-19-36)50(42-26-13-24-39(30-42)35-16-5-1-6-17-35)48-46(37-20-9-3-10-21-37)28-15-29-47(48)38-22-11-4-12-23-38/h1-34H. The number of nitrogens with zero attached hydrogens (tertiary/aromatic N) is 1. The Hall–Kier alpha value is -6.16. The SMILES string of the molecule is Brc1cc(Oc2cccc(-c3ccccc3)c2)cc(N(c2cccc(-c3ccccc3)c2)c2c(-c3ccccc3)cccc2-c2ccccc2)c1. The molecule has 8 aromatic rings. The Morgan fingerprint density at radius 1 is 0.333 bits per heavy atom. The Morgan fingerprint density at radius 3 is 1.37 bits per heavy atom. The van der Waals surface area contributed by atoms with E-state index in [9.17, 15) is 0 Å². The quantitative estimate of drug-likeness (QED) is 0.147. The van der Waals surface area contributed by atoms with Gasteiger partial charge in [-0.05, 0) is 69.8 Å². The van der Waals surface area contributed by atoms with E-state index in [2.05, 4.69) is 203 Å². The first kappa shape index (κ1) is 32.1. The highest BCUT2D eigenvalue weighted by molar-refractivity contribution is 9.10. The summed E-state index contributed by atoms with van der Waals surface area (Å²) in [7, 11) is 0. The van der Waals surface area contributed by atoms with Gasteiger partial charge in [-0.3, -0.25) is 0 Å². The van der Waals surface area contributed by atoms with Gasteiger partial charge in [-0.25, -0.2) is 0 Å². The van der Waals surface area contributed by atoms with Gasteiger partial charge in [-0.1, -0.05) is 180 Å². The van der Waals surface area contributed by atoms with Gasteiger partial charge in [0.25, 0.3) is 0 Å². The van der Waals surface area contributed by atoms with E-state index in [1.54, 1.807) is 0 Å². The summed E-state index contributed by atoms with van der Waals surface area (Å²) in [5.74, 6) is 1.50. The van der Waals surface area contributed by atoms with Crippen molar-refractivity contribution < 1.29 is 4.74 Å². The molecule has 0 radical (unpaired) electrons. The van der Waals surface area contributed by atoms with Gasteiger partial charge in [-0.15, -0.1) is 0 Å². The lowest BCUT2D eigenvalue weighted by atomic mass is 9.94. The summed E-state index contributed by atoms with van der Waals surface area (Å²) >= 11 is 3.86. The van der Waals surface area contributed by atoms with Gasteiger partial charge >= 0.3 is 0 Å². The monoisotopic (exact) mass is 719 g/mol. The molecule has 51 heavy (non-hydrogen) atoms. The van der Waals surface area contributed by atoms with Crippen LogP contribution in [-0.4, -0.2) is 0 Å². The van der Waals surface area contributed by atoms with E-state index in [0.717, 1.165) is 77.5 Å². The van der Waals surface area contributed by atoms with Crippen LogP contribution in [0.3, 0.4) is 0 Å². The Kier molecular flexibility index (Phi) is 9.28. The second-order valence-corrected chi connectivity index (χ2v) is 13.2. The van der Waals surface area contributed by atoms with Crippen LogP contribution in [-0.2, 0) is 0 Å². The molecular formula is C48H34BrNO. The lowest BCUT2D eigenvalue weighted by Gasteiger charge is -2.31. The van der Waals surface area contributed by atoms with Crippen LogP contribution in [0, 0.1) is 0 Å². The molecule has 8 aromatic carbocycles. The molecule has 3 heteroatoms. The number of hydrogen-bond donors (Lipinski definition) is 0. The maximum Gasteiger partial charge on any atom is 0.130 e. The van der Waals surface area contributed by atoms with Crippen molar-refractivity contribution in [1.82, 2.24) is 0 Å². The van der Waals surface area contributed by atoms with Gasteiger partial charge < -0.3 is 9.64 Å². The first-order chi connectivity index (χ1) is 25.2. The molecule has 0 aliphatic carbocycles. The Labute approximate surface area is 308 Å². The van der Waals surface area contributed by atoms with Crippen LogP contribution in [0.25, 0.3) is 44.5 Å². The smallest absolute Gasteiger partial charge is 0.130 e. The van der Waals surface area contributed by atoms with Crippen molar-refractivity contribution in [3.05, 3.63) is 211 Å². The van der Waals surface area contributed by atoms with Crippen molar-refractivity contribution in [1.29, 1.82) is 0 Å². The minimum atomic E-state index is 0.729. The van der Waals surface area contributed by atoms with E-state index in [-0.39, 0.29) is 0 Å². The number of halogens is 1. The average molecular weight is 721 g/mol. The summed E-state index contributed by atoms with van der Waals surface area (Å²) in [4.78, 5) is 2.37. The molecule has 0 amide bonds. The summed E-state index contributed by atoms with van der Waals surface area (Å²) < 4.78 is 7.56. The van der Waals surface area contributed by atoms with E-state index in [1.165, 1.54) is 0 Å². The van der Waals surface area contributed by atoms with Crippen LogP contribution >= 0.6 is 15.9 Å². The molecule has 0 spiro atoms. The second-order valence-electron chi connectivity index (χ2n) is 12.3. The molecule has 0 aromatic heterocycles. The first-order valence-electron chi connectivity index (χ1n) is 17.0. The predicted octanol–water partition coefficient (Wildman–Crippen LogP) is 14.4. The van der Waals surface area contributed by atoms with E-state index < -0.39 is 0 Å². The van der Waals surface area contributed by atoms with Crippen LogP contribution in [0.15, 0.2) is 211 Å². The molecule has 244 valence electrons. The van der Waals surface area contributed by atoms with Gasteiger partial charge in [0.15, 0.2) is 0 Å². The van der Waals surface area contributed by atoms with Crippen molar-refractivity contribution in [2.24, 2.45) is 0 Å². The highest BCUT2D eigenvalue weighted by Crippen LogP contribution is 2.48. The van der Waals surface area contributed by atoms with Crippen LogP contribution in [0.5, 0.6) is 11.5 Å². The predicted molar refractivity (Wildman–Crippen MR) is 217 cm³/mol. The highest BCUT2D eigenvalue weighted by atomic mass is 79.9. The number of rotatable bonds is 9. The minimum absolute atomic E-state index is 0.729. The molecular weight excluding hydrogens is 686 g/mol. The van der Waals surface area contributed by atoms with Gasteiger partial charge in [-0.2, -0.15) is 0 Å². The zero-order chi connectivity index (χ0) is 34.4. The molecule has 0 saturated carbocycles. The van der Waals surface area contributed by atoms with Gasteiger partial charge in [0.2, 0.25) is 0 Å². The van der Waals surface area contributed by atoms with Gasteiger partial charge in [0.05, 0.1) is 11.4 Å². The third-order valence-corrected chi connectivity index (χ3v) is 9.39. The lowest BCUT2D eigenvalue weighted by Crippen LogP contribution is -2.13. The molecule has 0 bridgehead atoms. The molecule has 0 unspecified atom stereocenters. The lowest BCUT2D eigenvalue weighted by molar-refractivity contribution is 0.483. The number of ether oxygens (including phenoxy) is 1. The zero-order valence-corrected chi connectivity index (χ0v) is 29.4. The summed E-state index contributed by atoms with van der Waals surface area (Å²) in [5, 5.41) is 0. The molecule has 8 rings (SSSR count). The first-order valence-corrected chi connectivity index (χ1v) is 17.8. The minimum Gasteiger partial charge on any atom is -0.457 e. The number of para-hydroxylation sites is 1. The molecule has 0 N–H and O–H groups in total. The zero-order valence-electron chi connectivity index (χ0n) is 27.9. The normalized spacial score (nSPS) is 10.8. The van der Waals surface area contributed by atoms with Crippen LogP contribution in [0.4, 0.5) is 17.1 Å². The van der Waals surface area contributed by atoms with Gasteiger partial charge in [0, 0.05) is 27.4 Å². The second kappa shape index (κ2) is 14.8. The third kappa shape index (κ3) is 7.12. The molecule has 2 nitrogen and oxygen atoms in total. The number of hydrogen-bond acceptors (Lipinski definition) is 2. The molecule has 0 atom stereocenters. The van der Waals surface area contributed by atoms with Gasteiger partial charge in [0.1, 0.15) is 11.5 Å². The van der Waals surface area contributed by atoms with E-state index in [1.807, 2.05) is 24.3 Å². The molecule has 0 heterocycles. The molecule has 0 saturated heterocycles. The summed E-state index contributed by atoms with van der Waals surface area (Å²) in [6.07, 6.45) is 0. The van der Waals surface area contributed by atoms with Crippen molar-refractivity contribution in [2.45, 2.75) is 0 Å². The fraction of sp³-hybridized carbons (Fsp3) is 0. The average Bonchev–Trinajstić information content (AvgIpc) is 3.19. The van der Waals surface area contributed by atoms with E-state index >= 15 is 0 Å². The summed E-state index contributed by atoms with van der Waals surface area (Å²) in [6, 6.07) is 72.1. The third-order valence-electron chi connectivity index (χ3n) is 8.93. The van der Waals surface area contributed by atoms with E-state index in [4.69, 9.17) is 4.74 Å². The van der Waals surface area contributed by atoms with Crippen LogP contribution in [0.2, 0.25) is 0 Å². The topological polar surface area (TPSA) is 12.5 Å². The van der Waals surface area contributed by atoms with Crippen molar-refractivity contribution in [2.75, 3.05) is 4.90 Å². The highest BCUT2D eigenvalue weighted by Gasteiger charge is 2.23.